The maximum Gasteiger partial charge on any atom is 0.127 e. The van der Waals surface area contributed by atoms with E-state index in [0.717, 1.165) is 0 Å². The number of nitrogens with zero attached hydrogens (tertiary/aromatic N) is 2. The molecule has 1 N–H and O–H groups in total. The summed E-state index contributed by atoms with van der Waals surface area (Å²) in [7, 11) is 3.22. The maximum atomic E-state index is 10.4. The minimum absolute atomic E-state index is 0.381. The fourth-order valence-electron chi connectivity index (χ4n) is 1.83. The Balaban J connectivity index is 2.56. The van der Waals surface area contributed by atoms with Crippen molar-refractivity contribution >= 4 is 23.2 Å². The summed E-state index contributed by atoms with van der Waals surface area (Å²) in [5.41, 5.74) is 0.954. The molecule has 1 heterocycles. The molecule has 0 saturated heterocycles. The Morgan fingerprint density at radius 2 is 2.06 bits per heavy atom. The molecule has 0 saturated carbocycles. The van der Waals surface area contributed by atoms with Crippen molar-refractivity contribution in [3.05, 3.63) is 45.7 Å². The first-order chi connectivity index (χ1) is 8.56. The smallest absolute Gasteiger partial charge is 0.127 e. The number of aliphatic hydroxyl groups excluding tert-OH is 1. The Hall–Kier alpha value is -1.23. The van der Waals surface area contributed by atoms with E-state index < -0.39 is 6.10 Å². The highest BCUT2D eigenvalue weighted by atomic mass is 35.5. The minimum atomic E-state index is -0.992. The molecule has 4 nitrogen and oxygen atoms in total. The number of aryl methyl sites for hydroxylation is 1. The van der Waals surface area contributed by atoms with Gasteiger partial charge in [0.05, 0.1) is 29.0 Å². The Morgan fingerprint density at radius 1 is 1.33 bits per heavy atom. The molecule has 2 aromatic rings. The minimum Gasteiger partial charge on any atom is -0.496 e. The summed E-state index contributed by atoms with van der Waals surface area (Å²) >= 11 is 12.1. The number of benzene rings is 1. The summed E-state index contributed by atoms with van der Waals surface area (Å²) in [5, 5.41) is 15.2. The molecule has 0 radical (unpaired) electrons. The third-order valence-corrected chi connectivity index (χ3v) is 3.32. The third kappa shape index (κ3) is 2.19. The number of hydrogen-bond acceptors (Lipinski definition) is 3. The predicted octanol–water partition coefficient (Wildman–Crippen LogP) is 2.82. The lowest BCUT2D eigenvalue weighted by Crippen LogP contribution is -2.09. The van der Waals surface area contributed by atoms with E-state index in [-0.39, 0.29) is 0 Å². The molecule has 0 spiro atoms. The van der Waals surface area contributed by atoms with Crippen LogP contribution in [0.15, 0.2) is 24.4 Å². The number of ether oxygens (including phenoxy) is 1. The Kier molecular flexibility index (Phi) is 3.80. The first-order valence-corrected chi connectivity index (χ1v) is 5.99. The zero-order chi connectivity index (χ0) is 13.3. The van der Waals surface area contributed by atoms with Crippen LogP contribution in [0.5, 0.6) is 5.75 Å². The van der Waals surface area contributed by atoms with Crippen molar-refractivity contribution in [3.63, 3.8) is 0 Å². The summed E-state index contributed by atoms with van der Waals surface area (Å²) < 4.78 is 6.72. The lowest BCUT2D eigenvalue weighted by Gasteiger charge is -2.17. The zero-order valence-corrected chi connectivity index (χ0v) is 11.4. The van der Waals surface area contributed by atoms with E-state index in [1.54, 1.807) is 25.2 Å². The van der Waals surface area contributed by atoms with Crippen molar-refractivity contribution in [2.24, 2.45) is 7.05 Å². The molecule has 0 amide bonds. The normalized spacial score (nSPS) is 12.5. The average molecular weight is 287 g/mol. The standard InChI is InChI=1S/C12H12Cl2N2O2/c1-16-11(8(14)6-15-16)12(17)10-7(13)4-3-5-9(10)18-2/h3-6,12,17H,1-2H3. The monoisotopic (exact) mass is 286 g/mol. The lowest BCUT2D eigenvalue weighted by atomic mass is 10.1. The van der Waals surface area contributed by atoms with Gasteiger partial charge >= 0.3 is 0 Å². The molecule has 1 atom stereocenters. The van der Waals surface area contributed by atoms with Gasteiger partial charge in [-0.3, -0.25) is 4.68 Å². The quantitative estimate of drug-likeness (QED) is 0.944. The van der Waals surface area contributed by atoms with E-state index in [1.165, 1.54) is 18.0 Å². The van der Waals surface area contributed by atoms with E-state index in [4.69, 9.17) is 27.9 Å². The SMILES string of the molecule is COc1cccc(Cl)c1C(O)c1c(Cl)cnn1C. The van der Waals surface area contributed by atoms with Crippen LogP contribution in [0, 0.1) is 0 Å². The second-order valence-electron chi connectivity index (χ2n) is 3.76. The average Bonchev–Trinajstić information content (AvgIpc) is 2.68. The van der Waals surface area contributed by atoms with Crippen LogP contribution in [0.4, 0.5) is 0 Å². The Morgan fingerprint density at radius 3 is 2.61 bits per heavy atom. The molecule has 1 aromatic carbocycles. The summed E-state index contributed by atoms with van der Waals surface area (Å²) in [6, 6.07) is 5.17. The van der Waals surface area contributed by atoms with Crippen molar-refractivity contribution in [2.75, 3.05) is 7.11 Å². The van der Waals surface area contributed by atoms with Gasteiger partial charge in [-0.05, 0) is 12.1 Å². The van der Waals surface area contributed by atoms with Gasteiger partial charge in [0.1, 0.15) is 11.9 Å². The molecule has 1 unspecified atom stereocenters. The van der Waals surface area contributed by atoms with E-state index in [2.05, 4.69) is 5.10 Å². The second kappa shape index (κ2) is 5.18. The summed E-state index contributed by atoms with van der Waals surface area (Å²) in [4.78, 5) is 0. The second-order valence-corrected chi connectivity index (χ2v) is 4.57. The highest BCUT2D eigenvalue weighted by Crippen LogP contribution is 2.37. The fourth-order valence-corrected chi connectivity index (χ4v) is 2.36. The molecule has 0 aliphatic heterocycles. The van der Waals surface area contributed by atoms with Crippen LogP contribution in [0.1, 0.15) is 17.4 Å². The molecule has 0 fully saturated rings. The highest BCUT2D eigenvalue weighted by molar-refractivity contribution is 6.32. The predicted molar refractivity (Wildman–Crippen MR) is 70.3 cm³/mol. The number of halogens is 2. The van der Waals surface area contributed by atoms with Crippen LogP contribution in [-0.4, -0.2) is 22.0 Å². The third-order valence-electron chi connectivity index (χ3n) is 2.70. The van der Waals surface area contributed by atoms with Gasteiger partial charge in [-0.25, -0.2) is 0 Å². The number of rotatable bonds is 3. The molecule has 1 aromatic heterocycles. The zero-order valence-electron chi connectivity index (χ0n) is 9.89. The Bertz CT molecular complexity index is 550. The molecule has 18 heavy (non-hydrogen) atoms. The summed E-state index contributed by atoms with van der Waals surface area (Å²) in [6.45, 7) is 0. The van der Waals surface area contributed by atoms with Crippen LogP contribution < -0.4 is 4.74 Å². The van der Waals surface area contributed by atoms with Crippen LogP contribution in [0.2, 0.25) is 10.0 Å². The van der Waals surface area contributed by atoms with Gasteiger partial charge in [0, 0.05) is 12.6 Å². The molecule has 6 heteroatoms. The maximum absolute atomic E-state index is 10.4. The number of aliphatic hydroxyl groups is 1. The number of aromatic nitrogens is 2. The van der Waals surface area contributed by atoms with Gasteiger partial charge in [-0.15, -0.1) is 0 Å². The molecular weight excluding hydrogens is 275 g/mol. The molecule has 0 aliphatic carbocycles. The van der Waals surface area contributed by atoms with Crippen LogP contribution >= 0.6 is 23.2 Å². The summed E-state index contributed by atoms with van der Waals surface area (Å²) in [5.74, 6) is 0.507. The number of methoxy groups -OCH3 is 1. The van der Waals surface area contributed by atoms with Crippen molar-refractivity contribution < 1.29 is 9.84 Å². The molecule has 2 rings (SSSR count). The lowest BCUT2D eigenvalue weighted by molar-refractivity contribution is 0.205. The van der Waals surface area contributed by atoms with Gasteiger partial charge < -0.3 is 9.84 Å². The molecular formula is C12H12Cl2N2O2. The first-order valence-electron chi connectivity index (χ1n) is 5.24. The van der Waals surface area contributed by atoms with Crippen LogP contribution in [0.25, 0.3) is 0 Å². The highest BCUT2D eigenvalue weighted by Gasteiger charge is 2.24. The van der Waals surface area contributed by atoms with Crippen LogP contribution in [-0.2, 0) is 7.05 Å². The van der Waals surface area contributed by atoms with Crippen molar-refractivity contribution in [1.29, 1.82) is 0 Å². The molecule has 0 aliphatic rings. The fraction of sp³-hybridized carbons (Fsp3) is 0.250. The van der Waals surface area contributed by atoms with Gasteiger partial charge in [0.25, 0.3) is 0 Å². The van der Waals surface area contributed by atoms with E-state index in [0.29, 0.717) is 27.1 Å². The van der Waals surface area contributed by atoms with Crippen molar-refractivity contribution in [3.8, 4) is 5.75 Å². The van der Waals surface area contributed by atoms with Crippen molar-refractivity contribution in [1.82, 2.24) is 9.78 Å². The van der Waals surface area contributed by atoms with Gasteiger partial charge in [-0.2, -0.15) is 5.10 Å². The van der Waals surface area contributed by atoms with Crippen LogP contribution in [0.3, 0.4) is 0 Å². The van der Waals surface area contributed by atoms with E-state index in [9.17, 15) is 5.11 Å². The molecule has 0 bridgehead atoms. The van der Waals surface area contributed by atoms with Gasteiger partial charge in [0.2, 0.25) is 0 Å². The largest absolute Gasteiger partial charge is 0.496 e. The van der Waals surface area contributed by atoms with Gasteiger partial charge in [0.15, 0.2) is 0 Å². The van der Waals surface area contributed by atoms with E-state index in [1.807, 2.05) is 0 Å². The molecule has 96 valence electrons. The topological polar surface area (TPSA) is 47.3 Å². The van der Waals surface area contributed by atoms with E-state index >= 15 is 0 Å². The van der Waals surface area contributed by atoms with Gasteiger partial charge in [-0.1, -0.05) is 29.3 Å². The Labute approximate surface area is 115 Å². The number of hydrogen-bond donors (Lipinski definition) is 1. The summed E-state index contributed by atoms with van der Waals surface area (Å²) in [6.07, 6.45) is 0.484. The van der Waals surface area contributed by atoms with Crippen molar-refractivity contribution in [2.45, 2.75) is 6.10 Å². The first kappa shape index (κ1) is 13.2.